The normalized spacial score (nSPS) is 19.8. The summed E-state index contributed by atoms with van der Waals surface area (Å²) in [5, 5.41) is 2.04. The van der Waals surface area contributed by atoms with Crippen LogP contribution in [0.5, 0.6) is 0 Å². The van der Waals surface area contributed by atoms with Crippen molar-refractivity contribution in [1.29, 1.82) is 0 Å². The van der Waals surface area contributed by atoms with Crippen LogP contribution in [-0.2, 0) is 25.5 Å². The lowest BCUT2D eigenvalue weighted by Crippen LogP contribution is -2.61. The predicted octanol–water partition coefficient (Wildman–Crippen LogP) is 2.08. The second-order valence-electron chi connectivity index (χ2n) is 6.62. The average molecular weight is 388 g/mol. The molecule has 1 aliphatic rings. The summed E-state index contributed by atoms with van der Waals surface area (Å²) in [7, 11) is 1.56. The number of nitrogens with two attached hydrogens (primary N) is 1. The number of hydrogen-bond donors (Lipinski definition) is 1. The summed E-state index contributed by atoms with van der Waals surface area (Å²) in [6.07, 6.45) is 0.613. The number of primary amides is 1. The van der Waals surface area contributed by atoms with Crippen LogP contribution in [0.1, 0.15) is 12.0 Å². The third-order valence-electron chi connectivity index (χ3n) is 4.76. The Hall–Kier alpha value is -2.22. The molecular weight excluding hydrogens is 364 g/mol. The number of morpholine rings is 1. The number of carbonyl (C=O) groups excluding carboxylic acids is 2. The fourth-order valence-electron chi connectivity index (χ4n) is 3.25. The van der Waals surface area contributed by atoms with Gasteiger partial charge in [0.05, 0.1) is 26.2 Å². The van der Waals surface area contributed by atoms with Crippen molar-refractivity contribution in [2.75, 3.05) is 33.4 Å². The van der Waals surface area contributed by atoms with Crippen molar-refractivity contribution < 1.29 is 19.1 Å². The molecule has 144 valence electrons. The molecule has 6 nitrogen and oxygen atoms in total. The smallest absolute Gasteiger partial charge is 0.251 e. The van der Waals surface area contributed by atoms with Crippen molar-refractivity contribution >= 4 is 23.2 Å². The summed E-state index contributed by atoms with van der Waals surface area (Å²) >= 11 is 1.68. The maximum absolute atomic E-state index is 12.3. The Balaban J connectivity index is 1.74. The predicted molar refractivity (Wildman–Crippen MR) is 104 cm³/mol. The van der Waals surface area contributed by atoms with Gasteiger partial charge in [-0.1, -0.05) is 30.3 Å². The Labute approximate surface area is 162 Å². The van der Waals surface area contributed by atoms with E-state index >= 15 is 0 Å². The topological polar surface area (TPSA) is 81.9 Å². The third-order valence-corrected chi connectivity index (χ3v) is 5.68. The first-order valence-electron chi connectivity index (χ1n) is 8.87. The van der Waals surface area contributed by atoms with Crippen molar-refractivity contribution in [3.63, 3.8) is 0 Å². The lowest BCUT2D eigenvalue weighted by molar-refractivity contribution is -0.163. The number of hydrogen-bond acceptors (Lipinski definition) is 5. The molecule has 2 amide bonds. The van der Waals surface area contributed by atoms with Crippen LogP contribution in [0.2, 0.25) is 0 Å². The van der Waals surface area contributed by atoms with Crippen LogP contribution in [-0.4, -0.2) is 55.7 Å². The van der Waals surface area contributed by atoms with Gasteiger partial charge in [-0.2, -0.15) is 0 Å². The lowest BCUT2D eigenvalue weighted by Gasteiger charge is -2.40. The molecule has 0 aliphatic carbocycles. The quantitative estimate of drug-likeness (QED) is 0.787. The van der Waals surface area contributed by atoms with Gasteiger partial charge in [0.2, 0.25) is 5.91 Å². The SMILES string of the molecule is COCCC(=O)N1CCO[C@](Cc2ccc(-c3cccs3)cc2)(C(N)=O)C1. The van der Waals surface area contributed by atoms with Crippen molar-refractivity contribution in [3.8, 4) is 10.4 Å². The van der Waals surface area contributed by atoms with Gasteiger partial charge >= 0.3 is 0 Å². The number of rotatable bonds is 7. The van der Waals surface area contributed by atoms with Crippen LogP contribution in [0.15, 0.2) is 41.8 Å². The molecule has 0 radical (unpaired) electrons. The van der Waals surface area contributed by atoms with Gasteiger partial charge in [0.15, 0.2) is 5.60 Å². The minimum Gasteiger partial charge on any atom is -0.384 e. The molecule has 1 atom stereocenters. The van der Waals surface area contributed by atoms with E-state index in [-0.39, 0.29) is 25.5 Å². The number of carbonyl (C=O) groups is 2. The molecule has 2 heterocycles. The molecule has 0 bridgehead atoms. The van der Waals surface area contributed by atoms with E-state index in [0.29, 0.717) is 19.6 Å². The van der Waals surface area contributed by atoms with Gasteiger partial charge in [-0.3, -0.25) is 9.59 Å². The Bertz CT molecular complexity index is 776. The molecule has 27 heavy (non-hydrogen) atoms. The van der Waals surface area contributed by atoms with E-state index in [9.17, 15) is 9.59 Å². The molecule has 0 spiro atoms. The average Bonchev–Trinajstić information content (AvgIpc) is 3.21. The van der Waals surface area contributed by atoms with E-state index in [1.54, 1.807) is 23.3 Å². The number of methoxy groups -OCH3 is 1. The Kier molecular flexibility index (Phi) is 6.26. The van der Waals surface area contributed by atoms with Gasteiger partial charge in [-0.05, 0) is 22.6 Å². The highest BCUT2D eigenvalue weighted by atomic mass is 32.1. The number of nitrogens with zero attached hydrogens (tertiary/aromatic N) is 1. The van der Waals surface area contributed by atoms with Gasteiger partial charge in [0.25, 0.3) is 5.91 Å². The van der Waals surface area contributed by atoms with E-state index in [1.165, 1.54) is 4.88 Å². The van der Waals surface area contributed by atoms with Crippen molar-refractivity contribution in [1.82, 2.24) is 4.90 Å². The van der Waals surface area contributed by atoms with Gasteiger partial charge in [0, 0.05) is 25.0 Å². The minimum absolute atomic E-state index is 0.0566. The van der Waals surface area contributed by atoms with E-state index in [2.05, 4.69) is 6.07 Å². The molecule has 2 aromatic rings. The molecule has 1 aromatic heterocycles. The summed E-state index contributed by atoms with van der Waals surface area (Å²) < 4.78 is 10.8. The van der Waals surface area contributed by atoms with E-state index in [1.807, 2.05) is 35.7 Å². The molecule has 1 aliphatic heterocycles. The van der Waals surface area contributed by atoms with Crippen LogP contribution in [0.4, 0.5) is 0 Å². The second kappa shape index (κ2) is 8.65. The summed E-state index contributed by atoms with van der Waals surface area (Å²) in [5.74, 6) is -0.604. The summed E-state index contributed by atoms with van der Waals surface area (Å²) in [6.45, 7) is 1.26. The standard InChI is InChI=1S/C20H24N2O4S/c1-25-10-8-18(23)22-9-11-26-20(14-22,19(21)24)13-15-4-6-16(7-5-15)17-3-2-12-27-17/h2-7,12H,8-11,13-14H2,1H3,(H2,21,24)/t20-/m0/s1. The molecule has 0 unspecified atom stereocenters. The van der Waals surface area contributed by atoms with Crippen molar-refractivity contribution in [2.45, 2.75) is 18.4 Å². The van der Waals surface area contributed by atoms with Crippen LogP contribution in [0.25, 0.3) is 10.4 Å². The number of benzene rings is 1. The highest BCUT2D eigenvalue weighted by Gasteiger charge is 2.43. The lowest BCUT2D eigenvalue weighted by atomic mass is 9.91. The van der Waals surface area contributed by atoms with E-state index in [0.717, 1.165) is 11.1 Å². The Morgan fingerprint density at radius 3 is 2.70 bits per heavy atom. The van der Waals surface area contributed by atoms with Gasteiger partial charge in [-0.25, -0.2) is 0 Å². The first-order chi connectivity index (χ1) is 13.0. The highest BCUT2D eigenvalue weighted by Crippen LogP contribution is 2.28. The molecule has 3 rings (SSSR count). The zero-order valence-corrected chi connectivity index (χ0v) is 16.2. The fourth-order valence-corrected chi connectivity index (χ4v) is 3.98. The first-order valence-corrected chi connectivity index (χ1v) is 9.75. The largest absolute Gasteiger partial charge is 0.384 e. The van der Waals surface area contributed by atoms with Gasteiger partial charge in [0.1, 0.15) is 0 Å². The Morgan fingerprint density at radius 2 is 2.07 bits per heavy atom. The van der Waals surface area contributed by atoms with Gasteiger partial charge < -0.3 is 20.1 Å². The summed E-state index contributed by atoms with van der Waals surface area (Å²) in [6, 6.07) is 12.1. The highest BCUT2D eigenvalue weighted by molar-refractivity contribution is 7.13. The van der Waals surface area contributed by atoms with Crippen molar-refractivity contribution in [2.24, 2.45) is 5.73 Å². The molecule has 1 aromatic carbocycles. The Morgan fingerprint density at radius 1 is 1.30 bits per heavy atom. The second-order valence-corrected chi connectivity index (χ2v) is 7.56. The van der Waals surface area contributed by atoms with Crippen molar-refractivity contribution in [3.05, 3.63) is 47.3 Å². The third kappa shape index (κ3) is 4.55. The maximum Gasteiger partial charge on any atom is 0.251 e. The fraction of sp³-hybridized carbons (Fsp3) is 0.400. The van der Waals surface area contributed by atoms with Crippen LogP contribution in [0.3, 0.4) is 0 Å². The molecule has 1 saturated heterocycles. The zero-order valence-electron chi connectivity index (χ0n) is 15.3. The monoisotopic (exact) mass is 388 g/mol. The van der Waals surface area contributed by atoms with Crippen LogP contribution < -0.4 is 5.73 Å². The van der Waals surface area contributed by atoms with Gasteiger partial charge in [-0.15, -0.1) is 11.3 Å². The molecule has 1 fully saturated rings. The number of thiophene rings is 1. The zero-order chi connectivity index (χ0) is 19.3. The molecular formula is C20H24N2O4S. The summed E-state index contributed by atoms with van der Waals surface area (Å²) in [4.78, 5) is 27.4. The first kappa shape index (κ1) is 19.5. The molecule has 7 heteroatoms. The summed E-state index contributed by atoms with van der Waals surface area (Å²) in [5.41, 5.74) is 6.56. The minimum atomic E-state index is -1.20. The van der Waals surface area contributed by atoms with Crippen LogP contribution >= 0.6 is 11.3 Å². The van der Waals surface area contributed by atoms with E-state index in [4.69, 9.17) is 15.2 Å². The number of ether oxygens (including phenoxy) is 2. The van der Waals surface area contributed by atoms with Crippen LogP contribution in [0, 0.1) is 0 Å². The maximum atomic E-state index is 12.3. The van der Waals surface area contributed by atoms with E-state index < -0.39 is 11.5 Å². The molecule has 0 saturated carbocycles. The number of amides is 2. The molecule has 2 N–H and O–H groups in total.